The van der Waals surface area contributed by atoms with E-state index in [1.165, 1.54) is 6.33 Å². The first-order valence-electron chi connectivity index (χ1n) is 7.73. The summed E-state index contributed by atoms with van der Waals surface area (Å²) in [5.74, 6) is 1.74. The number of amides is 2. The first-order valence-corrected chi connectivity index (χ1v) is 7.73. The van der Waals surface area contributed by atoms with Crippen LogP contribution in [0.4, 0.5) is 27.8 Å². The molecule has 0 saturated carbocycles. The van der Waals surface area contributed by atoms with Gasteiger partial charge in [0.05, 0.1) is 0 Å². The van der Waals surface area contributed by atoms with Crippen LogP contribution in [0.2, 0.25) is 0 Å². The molecule has 1 aromatic heterocycles. The van der Waals surface area contributed by atoms with Gasteiger partial charge in [-0.15, -0.1) is 0 Å². The quantitative estimate of drug-likeness (QED) is 0.668. The predicted molar refractivity (Wildman–Crippen MR) is 99.8 cm³/mol. The molecule has 7 nitrogen and oxygen atoms in total. The van der Waals surface area contributed by atoms with Crippen LogP contribution >= 0.6 is 0 Å². The van der Waals surface area contributed by atoms with Crippen molar-refractivity contribution >= 4 is 39.8 Å². The fraction of sp³-hybridized carbons (Fsp3) is 0.0556. The van der Waals surface area contributed by atoms with Crippen molar-refractivity contribution in [2.75, 3.05) is 27.9 Å². The molecule has 2 amide bonds. The zero-order chi connectivity index (χ0) is 17.4. The summed E-state index contributed by atoms with van der Waals surface area (Å²) in [5.41, 5.74) is 1.33. The molecule has 0 unspecified atom stereocenters. The minimum atomic E-state index is -0.377. The third-order valence-corrected chi connectivity index (χ3v) is 4.06. The van der Waals surface area contributed by atoms with Gasteiger partial charge in [-0.2, -0.15) is 0 Å². The molecule has 25 heavy (non-hydrogen) atoms. The van der Waals surface area contributed by atoms with Gasteiger partial charge >= 0.3 is 6.03 Å². The van der Waals surface area contributed by atoms with Gasteiger partial charge in [0.1, 0.15) is 17.8 Å². The SMILES string of the molecule is C=C1Nc2c(NC(=O)Nc3ccc4ccccc4c3)ncnc2N1C. The number of nitrogens with zero attached hydrogens (tertiary/aromatic N) is 3. The summed E-state index contributed by atoms with van der Waals surface area (Å²) < 4.78 is 0. The van der Waals surface area contributed by atoms with Crippen molar-refractivity contribution in [2.45, 2.75) is 0 Å². The normalized spacial score (nSPS) is 12.7. The molecule has 0 aliphatic carbocycles. The van der Waals surface area contributed by atoms with E-state index in [4.69, 9.17) is 0 Å². The number of benzene rings is 2. The van der Waals surface area contributed by atoms with Crippen LogP contribution in [0, 0.1) is 0 Å². The summed E-state index contributed by atoms with van der Waals surface area (Å²) in [5, 5.41) is 10.8. The largest absolute Gasteiger partial charge is 0.336 e. The molecule has 2 heterocycles. The highest BCUT2D eigenvalue weighted by Gasteiger charge is 2.24. The second-order valence-corrected chi connectivity index (χ2v) is 5.69. The summed E-state index contributed by atoms with van der Waals surface area (Å²) in [6, 6.07) is 13.3. The van der Waals surface area contributed by atoms with Gasteiger partial charge in [0.25, 0.3) is 0 Å². The second-order valence-electron chi connectivity index (χ2n) is 5.69. The predicted octanol–water partition coefficient (Wildman–Crippen LogP) is 3.61. The monoisotopic (exact) mass is 332 g/mol. The Morgan fingerprint density at radius 1 is 1.12 bits per heavy atom. The van der Waals surface area contributed by atoms with Crippen LogP contribution in [-0.4, -0.2) is 23.0 Å². The number of urea groups is 1. The Morgan fingerprint density at radius 3 is 2.76 bits per heavy atom. The molecule has 0 bridgehead atoms. The zero-order valence-electron chi connectivity index (χ0n) is 13.6. The molecule has 0 saturated heterocycles. The highest BCUT2D eigenvalue weighted by molar-refractivity contribution is 6.03. The average molecular weight is 332 g/mol. The van der Waals surface area contributed by atoms with Crippen LogP contribution in [-0.2, 0) is 0 Å². The van der Waals surface area contributed by atoms with Crippen LogP contribution in [0.15, 0.2) is 61.2 Å². The van der Waals surface area contributed by atoms with Crippen LogP contribution < -0.4 is 20.9 Å². The maximum atomic E-state index is 12.3. The molecule has 0 fully saturated rings. The van der Waals surface area contributed by atoms with E-state index in [1.54, 1.807) is 4.90 Å². The summed E-state index contributed by atoms with van der Waals surface area (Å²) in [6.45, 7) is 3.89. The topological polar surface area (TPSA) is 82.2 Å². The Morgan fingerprint density at radius 2 is 1.92 bits per heavy atom. The lowest BCUT2D eigenvalue weighted by atomic mass is 10.1. The summed E-state index contributed by atoms with van der Waals surface area (Å²) in [6.07, 6.45) is 1.40. The van der Waals surface area contributed by atoms with Gasteiger partial charge in [0.2, 0.25) is 0 Å². The van der Waals surface area contributed by atoms with Gasteiger partial charge in [-0.1, -0.05) is 36.9 Å². The molecule has 3 N–H and O–H groups in total. The fourth-order valence-electron chi connectivity index (χ4n) is 2.73. The Labute approximate surface area is 144 Å². The molecule has 0 radical (unpaired) electrons. The molecule has 2 aromatic carbocycles. The number of rotatable bonds is 2. The number of carbonyl (C=O) groups excluding carboxylic acids is 1. The highest BCUT2D eigenvalue weighted by atomic mass is 16.2. The average Bonchev–Trinajstić information content (AvgIpc) is 2.91. The minimum Gasteiger partial charge on any atom is -0.336 e. The van der Waals surface area contributed by atoms with Crippen molar-refractivity contribution < 1.29 is 4.79 Å². The molecule has 4 rings (SSSR count). The zero-order valence-corrected chi connectivity index (χ0v) is 13.6. The van der Waals surface area contributed by atoms with Crippen LogP contribution in [0.5, 0.6) is 0 Å². The second kappa shape index (κ2) is 5.79. The molecule has 0 spiro atoms. The van der Waals surface area contributed by atoms with Crippen LogP contribution in [0.3, 0.4) is 0 Å². The number of nitrogens with one attached hydrogen (secondary N) is 3. The molecule has 3 aromatic rings. The lowest BCUT2D eigenvalue weighted by molar-refractivity contribution is 0.262. The van der Waals surface area contributed by atoms with Crippen molar-refractivity contribution in [3.05, 3.63) is 61.2 Å². The number of hydrogen-bond acceptors (Lipinski definition) is 5. The lowest BCUT2D eigenvalue weighted by Crippen LogP contribution is -2.20. The van der Waals surface area contributed by atoms with Crippen molar-refractivity contribution in [3.8, 4) is 0 Å². The van der Waals surface area contributed by atoms with Gasteiger partial charge < -0.3 is 15.5 Å². The van der Waals surface area contributed by atoms with E-state index < -0.39 is 0 Å². The first kappa shape index (κ1) is 14.9. The summed E-state index contributed by atoms with van der Waals surface area (Å²) in [7, 11) is 1.84. The van der Waals surface area contributed by atoms with Gasteiger partial charge in [-0.05, 0) is 22.9 Å². The Bertz CT molecular complexity index is 1000. The Hall–Kier alpha value is -3.61. The highest BCUT2D eigenvalue weighted by Crippen LogP contribution is 2.36. The molecule has 0 atom stereocenters. The number of aromatic nitrogens is 2. The molecule has 1 aliphatic heterocycles. The Kier molecular flexibility index (Phi) is 3.46. The van der Waals surface area contributed by atoms with E-state index in [2.05, 4.69) is 32.5 Å². The van der Waals surface area contributed by atoms with Crippen LogP contribution in [0.1, 0.15) is 0 Å². The third kappa shape index (κ3) is 2.72. The molecule has 1 aliphatic rings. The van der Waals surface area contributed by atoms with E-state index in [9.17, 15) is 4.79 Å². The maximum Gasteiger partial charge on any atom is 0.324 e. The van der Waals surface area contributed by atoms with Crippen molar-refractivity contribution in [2.24, 2.45) is 0 Å². The number of anilines is 4. The number of hydrogen-bond donors (Lipinski definition) is 3. The van der Waals surface area contributed by atoms with E-state index in [1.807, 2.05) is 49.5 Å². The smallest absolute Gasteiger partial charge is 0.324 e. The van der Waals surface area contributed by atoms with Gasteiger partial charge in [-0.25, -0.2) is 14.8 Å². The lowest BCUT2D eigenvalue weighted by Gasteiger charge is -2.11. The standard InChI is InChI=1S/C18H16N6O/c1-11-21-15-16(19-10-20-17(15)24(11)2)23-18(25)22-14-8-7-12-5-3-4-6-13(12)9-14/h3-10,21H,1H2,2H3,(H2,19,20,22,23,25). The number of carbonyl (C=O) groups is 1. The minimum absolute atomic E-state index is 0.377. The summed E-state index contributed by atoms with van der Waals surface area (Å²) in [4.78, 5) is 22.5. The molecule has 7 heteroatoms. The third-order valence-electron chi connectivity index (χ3n) is 4.06. The van der Waals surface area contributed by atoms with E-state index in [0.717, 1.165) is 10.8 Å². The fourth-order valence-corrected chi connectivity index (χ4v) is 2.73. The molecular weight excluding hydrogens is 316 g/mol. The van der Waals surface area contributed by atoms with Crippen LogP contribution in [0.25, 0.3) is 10.8 Å². The van der Waals surface area contributed by atoms with E-state index in [0.29, 0.717) is 28.8 Å². The number of fused-ring (bicyclic) bond motifs is 2. The maximum absolute atomic E-state index is 12.3. The van der Waals surface area contributed by atoms with E-state index in [-0.39, 0.29) is 6.03 Å². The van der Waals surface area contributed by atoms with Crippen molar-refractivity contribution in [1.82, 2.24) is 9.97 Å². The molecule has 124 valence electrons. The van der Waals surface area contributed by atoms with Gasteiger partial charge in [-0.3, -0.25) is 5.32 Å². The first-order chi connectivity index (χ1) is 12.1. The van der Waals surface area contributed by atoms with E-state index >= 15 is 0 Å². The van der Waals surface area contributed by atoms with Gasteiger partial charge in [0.15, 0.2) is 11.6 Å². The summed E-state index contributed by atoms with van der Waals surface area (Å²) >= 11 is 0. The Balaban J connectivity index is 1.54. The molecular formula is C18H16N6O. The van der Waals surface area contributed by atoms with Crippen molar-refractivity contribution in [1.29, 1.82) is 0 Å². The van der Waals surface area contributed by atoms with Crippen molar-refractivity contribution in [3.63, 3.8) is 0 Å². The van der Waals surface area contributed by atoms with Gasteiger partial charge in [0, 0.05) is 12.7 Å².